The summed E-state index contributed by atoms with van der Waals surface area (Å²) < 4.78 is 6.25. The fourth-order valence-corrected chi connectivity index (χ4v) is 2.80. The minimum Gasteiger partial charge on any atom is -0.497 e. The predicted molar refractivity (Wildman–Crippen MR) is 108 cm³/mol. The molecule has 6 heteroatoms. The van der Waals surface area contributed by atoms with Crippen molar-refractivity contribution >= 4 is 11.6 Å². The number of carbonyl (C=O) groups is 1. The van der Waals surface area contributed by atoms with Gasteiger partial charge in [0.15, 0.2) is 0 Å². The van der Waals surface area contributed by atoms with Crippen LogP contribution >= 0.6 is 0 Å². The highest BCUT2D eigenvalue weighted by atomic mass is 16.7. The number of aryl methyl sites for hydroxylation is 1. The fraction of sp³-hybridized carbons (Fsp3) is 0.182. The van der Waals surface area contributed by atoms with Gasteiger partial charge in [0.05, 0.1) is 7.11 Å². The van der Waals surface area contributed by atoms with Crippen molar-refractivity contribution in [2.45, 2.75) is 20.0 Å². The van der Waals surface area contributed by atoms with E-state index in [0.29, 0.717) is 11.4 Å². The lowest BCUT2D eigenvalue weighted by atomic mass is 10.1. The average Bonchev–Trinajstić information content (AvgIpc) is 2.73. The Morgan fingerprint density at radius 3 is 2.68 bits per heavy atom. The van der Waals surface area contributed by atoms with E-state index >= 15 is 0 Å². The molecule has 144 valence electrons. The number of hydrogen-bond acceptors (Lipinski definition) is 4. The fourth-order valence-electron chi connectivity index (χ4n) is 2.80. The van der Waals surface area contributed by atoms with Crippen molar-refractivity contribution in [3.8, 4) is 5.75 Å². The van der Waals surface area contributed by atoms with Crippen molar-refractivity contribution in [2.24, 2.45) is 0 Å². The van der Waals surface area contributed by atoms with E-state index in [2.05, 4.69) is 5.32 Å². The topological polar surface area (TPSA) is 69.6 Å². The molecule has 0 saturated carbocycles. The van der Waals surface area contributed by atoms with Crippen LogP contribution in [0.1, 0.15) is 28.4 Å². The first-order chi connectivity index (χ1) is 13.6. The van der Waals surface area contributed by atoms with Crippen LogP contribution in [0.3, 0.4) is 0 Å². The van der Waals surface area contributed by atoms with Gasteiger partial charge in [-0.05, 0) is 47.9 Å². The zero-order valence-corrected chi connectivity index (χ0v) is 15.8. The largest absolute Gasteiger partial charge is 0.497 e. The lowest BCUT2D eigenvalue weighted by Crippen LogP contribution is -2.32. The summed E-state index contributed by atoms with van der Waals surface area (Å²) in [7, 11) is 1.59. The third-order valence-electron chi connectivity index (χ3n) is 4.31. The van der Waals surface area contributed by atoms with E-state index in [1.807, 2.05) is 55.5 Å². The first-order valence-electron chi connectivity index (χ1n) is 8.99. The molecular formula is C22H22N2O4. The Labute approximate surface area is 163 Å². The van der Waals surface area contributed by atoms with Gasteiger partial charge in [-0.1, -0.05) is 37.3 Å². The molecule has 1 N–H and O–H groups in total. The molecule has 0 atom stereocenters. The van der Waals surface area contributed by atoms with Gasteiger partial charge in [-0.3, -0.25) is 9.59 Å². The molecule has 0 fully saturated rings. The molecule has 0 aliphatic carbocycles. The number of ether oxygens (including phenoxy) is 1. The molecule has 0 aliphatic rings. The maximum absolute atomic E-state index is 12.7. The number of methoxy groups -OCH3 is 1. The molecule has 28 heavy (non-hydrogen) atoms. The first-order valence-corrected chi connectivity index (χ1v) is 8.99. The molecule has 0 spiro atoms. The molecule has 1 aromatic heterocycles. The number of carbonyl (C=O) groups excluding carboxylic acids is 1. The van der Waals surface area contributed by atoms with Crippen LogP contribution in [0.15, 0.2) is 71.7 Å². The van der Waals surface area contributed by atoms with Crippen LogP contribution in [0.5, 0.6) is 5.75 Å². The number of rotatable bonds is 7. The number of hydrogen-bond donors (Lipinski definition) is 1. The molecule has 6 nitrogen and oxygen atoms in total. The van der Waals surface area contributed by atoms with Gasteiger partial charge >= 0.3 is 0 Å². The summed E-state index contributed by atoms with van der Waals surface area (Å²) in [6.07, 6.45) is 2.26. The van der Waals surface area contributed by atoms with Gasteiger partial charge in [-0.25, -0.2) is 0 Å². The molecule has 3 rings (SSSR count). The zero-order valence-electron chi connectivity index (χ0n) is 15.8. The summed E-state index contributed by atoms with van der Waals surface area (Å²) in [6.45, 7) is 2.17. The Balaban J connectivity index is 1.76. The number of nitrogens with zero attached hydrogens (tertiary/aromatic N) is 1. The number of pyridine rings is 1. The minimum atomic E-state index is -0.517. The summed E-state index contributed by atoms with van der Waals surface area (Å²) in [5, 5.41) is 2.81. The van der Waals surface area contributed by atoms with Crippen molar-refractivity contribution in [1.82, 2.24) is 4.73 Å². The van der Waals surface area contributed by atoms with Crippen molar-refractivity contribution in [3.05, 3.63) is 93.9 Å². The second kappa shape index (κ2) is 8.90. The molecule has 0 bridgehead atoms. The summed E-state index contributed by atoms with van der Waals surface area (Å²) in [5.74, 6) is 0.237. The number of amides is 1. The van der Waals surface area contributed by atoms with Crippen molar-refractivity contribution in [1.29, 1.82) is 0 Å². The number of para-hydroxylation sites is 1. The highest BCUT2D eigenvalue weighted by Crippen LogP contribution is 2.16. The van der Waals surface area contributed by atoms with Crippen LogP contribution in [0.4, 0.5) is 5.69 Å². The third-order valence-corrected chi connectivity index (χ3v) is 4.31. The Morgan fingerprint density at radius 2 is 1.89 bits per heavy atom. The molecular weight excluding hydrogens is 356 g/mol. The Kier molecular flexibility index (Phi) is 6.11. The quantitative estimate of drug-likeness (QED) is 0.685. The van der Waals surface area contributed by atoms with E-state index in [0.717, 1.165) is 22.3 Å². The second-order valence-corrected chi connectivity index (χ2v) is 6.14. The van der Waals surface area contributed by atoms with Crippen molar-refractivity contribution in [2.75, 3.05) is 12.4 Å². The predicted octanol–water partition coefficient (Wildman–Crippen LogP) is 3.30. The van der Waals surface area contributed by atoms with Gasteiger partial charge in [0, 0.05) is 11.9 Å². The number of nitrogens with one attached hydrogen (secondary N) is 1. The van der Waals surface area contributed by atoms with Crippen LogP contribution in [-0.4, -0.2) is 17.7 Å². The van der Waals surface area contributed by atoms with E-state index in [1.165, 1.54) is 12.3 Å². The summed E-state index contributed by atoms with van der Waals surface area (Å²) in [4.78, 5) is 30.8. The normalized spacial score (nSPS) is 10.4. The van der Waals surface area contributed by atoms with Gasteiger partial charge < -0.3 is 14.9 Å². The molecule has 2 aromatic carbocycles. The zero-order chi connectivity index (χ0) is 19.9. The monoisotopic (exact) mass is 378 g/mol. The lowest BCUT2D eigenvalue weighted by molar-refractivity contribution is 0.0862. The van der Waals surface area contributed by atoms with E-state index < -0.39 is 11.5 Å². The molecule has 0 radical (unpaired) electrons. The standard InChI is InChI=1S/C22H22N2O4/c1-3-17-9-4-5-12-20(17)23-21(25)19-11-7-13-24(22(19)26)28-15-16-8-6-10-18(14-16)27-2/h4-14H,3,15H2,1-2H3,(H,23,25). The van der Waals surface area contributed by atoms with Crippen LogP contribution in [-0.2, 0) is 13.0 Å². The molecule has 0 saturated heterocycles. The third kappa shape index (κ3) is 4.40. The Bertz CT molecular complexity index is 1030. The maximum atomic E-state index is 12.7. The molecule has 0 aliphatic heterocycles. The van der Waals surface area contributed by atoms with Crippen molar-refractivity contribution < 1.29 is 14.4 Å². The van der Waals surface area contributed by atoms with E-state index in [4.69, 9.17) is 9.57 Å². The number of anilines is 1. The smallest absolute Gasteiger partial charge is 0.295 e. The highest BCUT2D eigenvalue weighted by molar-refractivity contribution is 6.04. The van der Waals surface area contributed by atoms with Crippen LogP contribution in [0.2, 0.25) is 0 Å². The molecule has 3 aromatic rings. The Morgan fingerprint density at radius 1 is 1.07 bits per heavy atom. The van der Waals surface area contributed by atoms with Crippen molar-refractivity contribution in [3.63, 3.8) is 0 Å². The van der Waals surface area contributed by atoms with E-state index in [-0.39, 0.29) is 12.2 Å². The summed E-state index contributed by atoms with van der Waals surface area (Å²) in [5.41, 5.74) is 2.04. The van der Waals surface area contributed by atoms with Gasteiger partial charge in [0.2, 0.25) is 0 Å². The van der Waals surface area contributed by atoms with Crippen LogP contribution in [0.25, 0.3) is 0 Å². The molecule has 0 unspecified atom stereocenters. The van der Waals surface area contributed by atoms with Gasteiger partial charge in [-0.2, -0.15) is 4.73 Å². The van der Waals surface area contributed by atoms with Gasteiger partial charge in [0.25, 0.3) is 11.5 Å². The van der Waals surface area contributed by atoms with Gasteiger partial charge in [0.1, 0.15) is 17.9 Å². The molecule has 1 heterocycles. The lowest BCUT2D eigenvalue weighted by Gasteiger charge is -2.12. The van der Waals surface area contributed by atoms with Crippen LogP contribution < -0.4 is 20.5 Å². The second-order valence-electron chi connectivity index (χ2n) is 6.14. The van der Waals surface area contributed by atoms with Crippen LogP contribution in [0, 0.1) is 0 Å². The Hall–Kier alpha value is -3.54. The van der Waals surface area contributed by atoms with Gasteiger partial charge in [-0.15, -0.1) is 0 Å². The summed E-state index contributed by atoms with van der Waals surface area (Å²) >= 11 is 0. The minimum absolute atomic E-state index is 0.0130. The summed E-state index contributed by atoms with van der Waals surface area (Å²) in [6, 6.07) is 18.0. The SMILES string of the molecule is CCc1ccccc1NC(=O)c1cccn(OCc2cccc(OC)c2)c1=O. The van der Waals surface area contributed by atoms with E-state index in [1.54, 1.807) is 13.2 Å². The maximum Gasteiger partial charge on any atom is 0.295 e. The molecule has 1 amide bonds. The highest BCUT2D eigenvalue weighted by Gasteiger charge is 2.14. The van der Waals surface area contributed by atoms with E-state index in [9.17, 15) is 9.59 Å². The average molecular weight is 378 g/mol. The number of benzene rings is 2. The number of aromatic nitrogens is 1. The first kappa shape index (κ1) is 19.2.